The van der Waals surface area contributed by atoms with Crippen molar-refractivity contribution in [3.63, 3.8) is 0 Å². The van der Waals surface area contributed by atoms with Crippen molar-refractivity contribution < 1.29 is 30.8 Å². The highest BCUT2D eigenvalue weighted by Gasteiger charge is 2.40. The standard InChI is InChI=1S/C25H21F3N4O4S/c26-25(27,28)17-7-9-19(29-14-17)20-13-18(30-15-31-20)8-10-22(33)21-5-3-11-32(21)37(34,35)24-12-16-4-1-2-6-23(16)36-24/h1-2,4,6-7,9,12-15,21H,3,5,8,10-11H2/t21-/m0/s1. The molecule has 0 unspecified atom stereocenters. The summed E-state index contributed by atoms with van der Waals surface area (Å²) in [5.41, 5.74) is 0.632. The van der Waals surface area contributed by atoms with Crippen molar-refractivity contribution in [1.82, 2.24) is 19.3 Å². The Morgan fingerprint density at radius 2 is 1.86 bits per heavy atom. The van der Waals surface area contributed by atoms with Crippen LogP contribution in [0.4, 0.5) is 13.2 Å². The second-order valence-electron chi connectivity index (χ2n) is 8.67. The smallest absolute Gasteiger partial charge is 0.417 e. The van der Waals surface area contributed by atoms with Crippen molar-refractivity contribution in [2.75, 3.05) is 6.54 Å². The molecule has 192 valence electrons. The summed E-state index contributed by atoms with van der Waals surface area (Å²) in [6.07, 6.45) is -1.30. The van der Waals surface area contributed by atoms with Gasteiger partial charge >= 0.3 is 6.18 Å². The summed E-state index contributed by atoms with van der Waals surface area (Å²) in [5.74, 6) is -0.245. The Bertz CT molecular complexity index is 1520. The summed E-state index contributed by atoms with van der Waals surface area (Å²) in [6, 6.07) is 11.3. The fourth-order valence-electron chi connectivity index (χ4n) is 4.36. The molecule has 5 rings (SSSR count). The van der Waals surface area contributed by atoms with Crippen LogP contribution in [0.2, 0.25) is 0 Å². The number of aryl methyl sites for hydroxylation is 1. The Labute approximate surface area is 210 Å². The van der Waals surface area contributed by atoms with Gasteiger partial charge in [-0.05, 0) is 43.5 Å². The van der Waals surface area contributed by atoms with E-state index in [0.29, 0.717) is 35.2 Å². The number of pyridine rings is 1. The van der Waals surface area contributed by atoms with Crippen LogP contribution < -0.4 is 0 Å². The highest BCUT2D eigenvalue weighted by atomic mass is 32.2. The number of carbonyl (C=O) groups excluding carboxylic acids is 1. The molecule has 0 N–H and O–H groups in total. The molecule has 37 heavy (non-hydrogen) atoms. The van der Waals surface area contributed by atoms with Gasteiger partial charge in [-0.2, -0.15) is 17.5 Å². The largest absolute Gasteiger partial charge is 0.443 e. The maximum atomic E-state index is 13.3. The Hall–Kier alpha value is -3.64. The third-order valence-electron chi connectivity index (χ3n) is 6.25. The van der Waals surface area contributed by atoms with Gasteiger partial charge in [0.05, 0.1) is 23.0 Å². The van der Waals surface area contributed by atoms with Crippen LogP contribution in [0.15, 0.2) is 70.6 Å². The van der Waals surface area contributed by atoms with Gasteiger partial charge in [-0.15, -0.1) is 0 Å². The first-order valence-corrected chi connectivity index (χ1v) is 12.9. The summed E-state index contributed by atoms with van der Waals surface area (Å²) in [7, 11) is -4.00. The number of alkyl halides is 3. The van der Waals surface area contributed by atoms with Gasteiger partial charge in [0.15, 0.2) is 5.78 Å². The summed E-state index contributed by atoms with van der Waals surface area (Å²) < 4.78 is 71.7. The normalized spacial score (nSPS) is 16.9. The van der Waals surface area contributed by atoms with Crippen molar-refractivity contribution in [1.29, 1.82) is 0 Å². The Morgan fingerprint density at radius 1 is 1.05 bits per heavy atom. The quantitative estimate of drug-likeness (QED) is 0.342. The lowest BCUT2D eigenvalue weighted by atomic mass is 10.0. The van der Waals surface area contributed by atoms with E-state index < -0.39 is 27.8 Å². The second-order valence-corrected chi connectivity index (χ2v) is 10.5. The molecule has 0 saturated carbocycles. The molecule has 4 aromatic rings. The van der Waals surface area contributed by atoms with Crippen LogP contribution in [0.25, 0.3) is 22.4 Å². The molecule has 3 aromatic heterocycles. The minimum Gasteiger partial charge on any atom is -0.443 e. The van der Waals surface area contributed by atoms with E-state index in [2.05, 4.69) is 15.0 Å². The number of para-hydroxylation sites is 1. The molecule has 0 bridgehead atoms. The van der Waals surface area contributed by atoms with Crippen molar-refractivity contribution in [2.24, 2.45) is 0 Å². The van der Waals surface area contributed by atoms with Crippen LogP contribution in [0.5, 0.6) is 0 Å². The molecular formula is C25H21F3N4O4S. The highest BCUT2D eigenvalue weighted by molar-refractivity contribution is 7.89. The number of benzene rings is 1. The first kappa shape index (κ1) is 25.0. The molecule has 1 fully saturated rings. The van der Waals surface area contributed by atoms with Gasteiger partial charge in [-0.1, -0.05) is 18.2 Å². The van der Waals surface area contributed by atoms with Crippen LogP contribution in [-0.2, 0) is 27.4 Å². The third kappa shape index (κ3) is 5.12. The minimum atomic E-state index is -4.49. The average Bonchev–Trinajstić information content (AvgIpc) is 3.55. The summed E-state index contributed by atoms with van der Waals surface area (Å²) >= 11 is 0. The zero-order valence-corrected chi connectivity index (χ0v) is 20.2. The van der Waals surface area contributed by atoms with E-state index >= 15 is 0 Å². The molecule has 1 aliphatic rings. The van der Waals surface area contributed by atoms with Gasteiger partial charge in [0, 0.05) is 36.3 Å². The van der Waals surface area contributed by atoms with E-state index in [9.17, 15) is 26.4 Å². The fraction of sp³-hybridized carbons (Fsp3) is 0.280. The van der Waals surface area contributed by atoms with Gasteiger partial charge in [-0.3, -0.25) is 9.78 Å². The zero-order chi connectivity index (χ0) is 26.2. The number of rotatable bonds is 7. The number of halogens is 3. The number of sulfonamides is 1. The van der Waals surface area contributed by atoms with E-state index in [-0.39, 0.29) is 36.0 Å². The molecule has 0 radical (unpaired) electrons. The van der Waals surface area contributed by atoms with Crippen LogP contribution in [0.3, 0.4) is 0 Å². The lowest BCUT2D eigenvalue weighted by Gasteiger charge is -2.21. The lowest BCUT2D eigenvalue weighted by molar-refractivity contribution is -0.137. The molecule has 1 atom stereocenters. The van der Waals surface area contributed by atoms with Crippen LogP contribution in [-0.4, -0.2) is 46.0 Å². The monoisotopic (exact) mass is 530 g/mol. The maximum Gasteiger partial charge on any atom is 0.417 e. The van der Waals surface area contributed by atoms with Gasteiger partial charge in [0.1, 0.15) is 11.9 Å². The van der Waals surface area contributed by atoms with Crippen molar-refractivity contribution in [3.05, 3.63) is 72.3 Å². The van der Waals surface area contributed by atoms with Crippen LogP contribution in [0.1, 0.15) is 30.5 Å². The number of hydrogen-bond donors (Lipinski definition) is 0. The van der Waals surface area contributed by atoms with Gasteiger partial charge in [0.2, 0.25) is 5.09 Å². The average molecular weight is 531 g/mol. The number of furan rings is 1. The molecule has 4 heterocycles. The number of ketones is 1. The van der Waals surface area contributed by atoms with E-state index in [0.717, 1.165) is 12.3 Å². The molecule has 0 aliphatic carbocycles. The van der Waals surface area contributed by atoms with Crippen molar-refractivity contribution >= 4 is 26.8 Å². The van der Waals surface area contributed by atoms with E-state index in [1.54, 1.807) is 30.3 Å². The number of nitrogens with zero attached hydrogens (tertiary/aromatic N) is 4. The lowest BCUT2D eigenvalue weighted by Crippen LogP contribution is -2.40. The van der Waals surface area contributed by atoms with Crippen molar-refractivity contribution in [3.8, 4) is 11.4 Å². The summed E-state index contributed by atoms with van der Waals surface area (Å²) in [4.78, 5) is 25.1. The van der Waals surface area contributed by atoms with E-state index in [4.69, 9.17) is 4.42 Å². The van der Waals surface area contributed by atoms with E-state index in [1.807, 2.05) is 0 Å². The number of Topliss-reactive ketones (excluding diaryl/α,β-unsaturated/α-hetero) is 1. The van der Waals surface area contributed by atoms with E-state index in [1.165, 1.54) is 22.8 Å². The number of aromatic nitrogens is 3. The number of fused-ring (bicyclic) bond motifs is 1. The summed E-state index contributed by atoms with van der Waals surface area (Å²) in [5, 5.41) is 0.461. The Kier molecular flexibility index (Phi) is 6.54. The molecule has 0 spiro atoms. The SMILES string of the molecule is O=C(CCc1cc(-c2ccc(C(F)(F)F)cn2)ncn1)[C@@H]1CCCN1S(=O)(=O)c1cc2ccccc2o1. The zero-order valence-electron chi connectivity index (χ0n) is 19.4. The second kappa shape index (κ2) is 9.67. The molecule has 0 amide bonds. The van der Waals surface area contributed by atoms with Gasteiger partial charge in [-0.25, -0.2) is 18.4 Å². The van der Waals surface area contributed by atoms with Crippen LogP contribution >= 0.6 is 0 Å². The number of hydrogen-bond acceptors (Lipinski definition) is 7. The molecule has 1 saturated heterocycles. The van der Waals surface area contributed by atoms with Crippen molar-refractivity contribution in [2.45, 2.75) is 43.0 Å². The predicted octanol–water partition coefficient (Wildman–Crippen LogP) is 4.66. The number of carbonyl (C=O) groups is 1. The molecule has 1 aliphatic heterocycles. The Balaban J connectivity index is 1.28. The topological polar surface area (TPSA) is 106 Å². The van der Waals surface area contributed by atoms with Crippen LogP contribution in [0, 0.1) is 0 Å². The van der Waals surface area contributed by atoms with Gasteiger partial charge < -0.3 is 4.42 Å². The van der Waals surface area contributed by atoms with Gasteiger partial charge in [0.25, 0.3) is 10.0 Å². The Morgan fingerprint density at radius 3 is 2.59 bits per heavy atom. The maximum absolute atomic E-state index is 13.3. The molecular weight excluding hydrogens is 509 g/mol. The minimum absolute atomic E-state index is 0.0354. The fourth-order valence-corrected chi connectivity index (χ4v) is 5.98. The highest BCUT2D eigenvalue weighted by Crippen LogP contribution is 2.31. The molecule has 1 aromatic carbocycles. The molecule has 8 nitrogen and oxygen atoms in total. The first-order chi connectivity index (χ1) is 17.6. The first-order valence-electron chi connectivity index (χ1n) is 11.5. The molecule has 12 heteroatoms. The predicted molar refractivity (Wildman–Crippen MR) is 127 cm³/mol. The summed E-state index contributed by atoms with van der Waals surface area (Å²) in [6.45, 7) is 0.215. The third-order valence-corrected chi connectivity index (χ3v) is 8.01.